The van der Waals surface area contributed by atoms with E-state index in [1.807, 2.05) is 0 Å². The highest BCUT2D eigenvalue weighted by Crippen LogP contribution is 1.98. The maximum absolute atomic E-state index is 10.9. The Morgan fingerprint density at radius 1 is 1.50 bits per heavy atom. The van der Waals surface area contributed by atoms with Gasteiger partial charge in [-0.3, -0.25) is 0 Å². The second-order valence-electron chi connectivity index (χ2n) is 2.57. The van der Waals surface area contributed by atoms with Gasteiger partial charge in [0.05, 0.1) is 12.2 Å². The summed E-state index contributed by atoms with van der Waals surface area (Å²) in [4.78, 5) is 10.9. The molecule has 0 bridgehead atoms. The summed E-state index contributed by atoms with van der Waals surface area (Å²) in [7, 11) is 0. The van der Waals surface area contributed by atoms with Gasteiger partial charge < -0.3 is 4.74 Å². The fraction of sp³-hybridized carbons (Fsp3) is 0.500. The van der Waals surface area contributed by atoms with Crippen LogP contribution < -0.4 is 0 Å². The van der Waals surface area contributed by atoms with Crippen molar-refractivity contribution >= 4 is 5.97 Å². The Morgan fingerprint density at radius 2 is 2.17 bits per heavy atom. The summed E-state index contributed by atoms with van der Waals surface area (Å²) < 4.78 is 4.89. The number of unbranched alkanes of at least 4 members (excludes halogenated alkanes) is 2. The van der Waals surface area contributed by atoms with Crippen LogP contribution in [0.2, 0.25) is 0 Å². The Morgan fingerprint density at radius 3 is 2.67 bits per heavy atom. The number of carbonyl (C=O) groups excluding carboxylic acids is 1. The van der Waals surface area contributed by atoms with Crippen LogP contribution in [0.5, 0.6) is 0 Å². The number of hydrogen-bond donors (Lipinski definition) is 0. The van der Waals surface area contributed by atoms with Crippen LogP contribution in [-0.2, 0) is 9.53 Å². The van der Waals surface area contributed by atoms with E-state index in [1.165, 1.54) is 6.08 Å². The molecule has 0 aromatic carbocycles. The summed E-state index contributed by atoms with van der Waals surface area (Å²) in [5, 5.41) is 0. The minimum Gasteiger partial charge on any atom is -0.462 e. The first-order valence-corrected chi connectivity index (χ1v) is 4.20. The van der Waals surface area contributed by atoms with E-state index in [4.69, 9.17) is 4.74 Å². The van der Waals surface area contributed by atoms with Gasteiger partial charge in [0.1, 0.15) is 0 Å². The molecule has 0 aliphatic rings. The molecular weight excluding hydrogens is 152 g/mol. The van der Waals surface area contributed by atoms with Crippen LogP contribution in [0, 0.1) is 0 Å². The summed E-state index contributed by atoms with van der Waals surface area (Å²) in [5.74, 6) is -0.360. The van der Waals surface area contributed by atoms with Crippen molar-refractivity contribution < 1.29 is 9.53 Å². The molecule has 0 unspecified atom stereocenters. The van der Waals surface area contributed by atoms with E-state index in [2.05, 4.69) is 20.1 Å². The van der Waals surface area contributed by atoms with Crippen molar-refractivity contribution in [2.75, 3.05) is 6.61 Å². The van der Waals surface area contributed by atoms with E-state index in [-0.39, 0.29) is 5.97 Å². The first kappa shape index (κ1) is 11.0. The van der Waals surface area contributed by atoms with Crippen molar-refractivity contribution in [3.8, 4) is 0 Å². The Labute approximate surface area is 73.9 Å². The molecule has 0 saturated heterocycles. The van der Waals surface area contributed by atoms with Crippen LogP contribution in [-0.4, -0.2) is 12.6 Å². The zero-order chi connectivity index (χ0) is 9.40. The summed E-state index contributed by atoms with van der Waals surface area (Å²) in [6.45, 7) is 9.49. The molecule has 0 aliphatic carbocycles. The molecule has 0 radical (unpaired) electrons. The van der Waals surface area contributed by atoms with E-state index < -0.39 is 0 Å². The number of carbonyl (C=O) groups is 1. The molecule has 0 aliphatic heterocycles. The number of rotatable bonds is 6. The molecule has 0 heterocycles. The van der Waals surface area contributed by atoms with Crippen LogP contribution >= 0.6 is 0 Å². The smallest absolute Gasteiger partial charge is 0.337 e. The summed E-state index contributed by atoms with van der Waals surface area (Å²) in [5.41, 5.74) is 0.325. The summed E-state index contributed by atoms with van der Waals surface area (Å²) in [6.07, 6.45) is 4.54. The van der Waals surface area contributed by atoms with Gasteiger partial charge in [0.15, 0.2) is 0 Å². The normalized spacial score (nSPS) is 9.08. The van der Waals surface area contributed by atoms with Gasteiger partial charge in [0.2, 0.25) is 0 Å². The lowest BCUT2D eigenvalue weighted by molar-refractivity contribution is -0.138. The third-order valence-corrected chi connectivity index (χ3v) is 1.49. The van der Waals surface area contributed by atoms with Gasteiger partial charge in [-0.05, 0) is 6.42 Å². The monoisotopic (exact) mass is 168 g/mol. The largest absolute Gasteiger partial charge is 0.462 e. The van der Waals surface area contributed by atoms with E-state index in [0.717, 1.165) is 19.3 Å². The highest BCUT2D eigenvalue weighted by molar-refractivity contribution is 5.90. The van der Waals surface area contributed by atoms with Gasteiger partial charge in [-0.15, -0.1) is 0 Å². The quantitative estimate of drug-likeness (QED) is 0.263. The zero-order valence-electron chi connectivity index (χ0n) is 7.64. The van der Waals surface area contributed by atoms with Crippen molar-refractivity contribution in [3.05, 3.63) is 24.8 Å². The molecule has 0 rings (SSSR count). The Kier molecular flexibility index (Phi) is 6.07. The zero-order valence-corrected chi connectivity index (χ0v) is 7.64. The first-order chi connectivity index (χ1) is 5.72. The minimum atomic E-state index is -0.360. The molecule has 0 aromatic rings. The average molecular weight is 168 g/mol. The molecule has 0 saturated carbocycles. The predicted octanol–water partition coefficient (Wildman–Crippen LogP) is 2.46. The fourth-order valence-corrected chi connectivity index (χ4v) is 0.693. The van der Waals surface area contributed by atoms with E-state index in [1.54, 1.807) is 0 Å². The third-order valence-electron chi connectivity index (χ3n) is 1.49. The first-order valence-electron chi connectivity index (χ1n) is 4.20. The van der Waals surface area contributed by atoms with E-state index in [9.17, 15) is 4.79 Å². The molecule has 68 valence electrons. The molecule has 0 N–H and O–H groups in total. The van der Waals surface area contributed by atoms with Crippen molar-refractivity contribution in [2.24, 2.45) is 0 Å². The highest BCUT2D eigenvalue weighted by Gasteiger charge is 2.02. The third kappa shape index (κ3) is 4.72. The Balaban J connectivity index is 3.44. The molecular formula is C10H16O2. The fourth-order valence-electron chi connectivity index (χ4n) is 0.693. The lowest BCUT2D eigenvalue weighted by Gasteiger charge is -2.02. The topological polar surface area (TPSA) is 26.3 Å². The van der Waals surface area contributed by atoms with Crippen LogP contribution in [0.1, 0.15) is 26.2 Å². The molecule has 0 fully saturated rings. The Hall–Kier alpha value is -1.05. The minimum absolute atomic E-state index is 0.325. The van der Waals surface area contributed by atoms with Crippen LogP contribution in [0.3, 0.4) is 0 Å². The molecule has 0 aromatic heterocycles. The van der Waals surface area contributed by atoms with Gasteiger partial charge in [-0.1, -0.05) is 39.0 Å². The lowest BCUT2D eigenvalue weighted by Crippen LogP contribution is -2.06. The molecule has 0 amide bonds. The molecule has 0 spiro atoms. The lowest BCUT2D eigenvalue weighted by atomic mass is 10.2. The van der Waals surface area contributed by atoms with Gasteiger partial charge >= 0.3 is 5.97 Å². The standard InChI is InChI=1S/C10H16O2/c1-4-6-7-8-12-10(11)9(3)5-2/h5H,2-4,6-8H2,1H3. The Bertz CT molecular complexity index is 171. The maximum Gasteiger partial charge on any atom is 0.337 e. The van der Waals surface area contributed by atoms with E-state index in [0.29, 0.717) is 12.2 Å². The SMILES string of the molecule is C=CC(=C)C(=O)OCCCCC. The van der Waals surface area contributed by atoms with Crippen LogP contribution in [0.4, 0.5) is 0 Å². The molecule has 0 atom stereocenters. The van der Waals surface area contributed by atoms with Gasteiger partial charge in [0, 0.05) is 0 Å². The van der Waals surface area contributed by atoms with Crippen LogP contribution in [0.25, 0.3) is 0 Å². The van der Waals surface area contributed by atoms with Crippen molar-refractivity contribution in [2.45, 2.75) is 26.2 Å². The maximum atomic E-state index is 10.9. The highest BCUT2D eigenvalue weighted by atomic mass is 16.5. The number of hydrogen-bond acceptors (Lipinski definition) is 2. The second kappa shape index (κ2) is 6.65. The summed E-state index contributed by atoms with van der Waals surface area (Å²) >= 11 is 0. The van der Waals surface area contributed by atoms with E-state index >= 15 is 0 Å². The molecule has 12 heavy (non-hydrogen) atoms. The van der Waals surface area contributed by atoms with Crippen LogP contribution in [0.15, 0.2) is 24.8 Å². The number of ether oxygens (including phenoxy) is 1. The van der Waals surface area contributed by atoms with Gasteiger partial charge in [-0.25, -0.2) is 4.79 Å². The summed E-state index contributed by atoms with van der Waals surface area (Å²) in [6, 6.07) is 0. The van der Waals surface area contributed by atoms with Crippen molar-refractivity contribution in [3.63, 3.8) is 0 Å². The average Bonchev–Trinajstić information content (AvgIpc) is 2.10. The van der Waals surface area contributed by atoms with Crippen molar-refractivity contribution in [1.82, 2.24) is 0 Å². The second-order valence-corrected chi connectivity index (χ2v) is 2.57. The van der Waals surface area contributed by atoms with Gasteiger partial charge in [-0.2, -0.15) is 0 Å². The van der Waals surface area contributed by atoms with Gasteiger partial charge in [0.25, 0.3) is 0 Å². The number of esters is 1. The predicted molar refractivity (Wildman–Crippen MR) is 49.8 cm³/mol. The van der Waals surface area contributed by atoms with Crippen molar-refractivity contribution in [1.29, 1.82) is 0 Å². The molecule has 2 nitrogen and oxygen atoms in total. The molecule has 2 heteroatoms.